The van der Waals surface area contributed by atoms with Crippen molar-refractivity contribution in [1.29, 1.82) is 0 Å². The van der Waals surface area contributed by atoms with Gasteiger partial charge in [0.1, 0.15) is 0 Å². The summed E-state index contributed by atoms with van der Waals surface area (Å²) in [5, 5.41) is 3.09. The summed E-state index contributed by atoms with van der Waals surface area (Å²) in [5.74, 6) is -0.0724. The summed E-state index contributed by atoms with van der Waals surface area (Å²) in [7, 11) is 0. The molecule has 1 atom stereocenters. The molecule has 0 amide bonds. The minimum Gasteiger partial charge on any atom is -0.462 e. The smallest absolute Gasteiger partial charge is 0.340 e. The third-order valence-electron chi connectivity index (χ3n) is 3.67. The maximum atomic E-state index is 12.1. The first-order valence-electron chi connectivity index (χ1n) is 7.39. The second-order valence-corrected chi connectivity index (χ2v) is 5.24. The fraction of sp³-hybridized carbons (Fsp3) is 0.412. The molecule has 0 heterocycles. The van der Waals surface area contributed by atoms with Crippen molar-refractivity contribution in [3.8, 4) is 0 Å². The van der Waals surface area contributed by atoms with Crippen molar-refractivity contribution in [2.45, 2.75) is 33.1 Å². The van der Waals surface area contributed by atoms with Crippen LogP contribution in [0.5, 0.6) is 0 Å². The predicted molar refractivity (Wildman–Crippen MR) is 82.1 cm³/mol. The molecule has 1 N–H and O–H groups in total. The number of hydrogen-bond donors (Lipinski definition) is 1. The standard InChI is InChI=1S/C17H21NO3/c1-3-21-17(20)14-9-4-5-10-15(14)18-11-13-8-6-7-12(2)16(13)19/h4-5,9-12,18H,3,6-8H2,1-2H3/b13-11-/t12-/m1/s1. The average Bonchev–Trinajstić information content (AvgIpc) is 2.49. The summed E-state index contributed by atoms with van der Waals surface area (Å²) in [6.45, 7) is 4.07. The Hall–Kier alpha value is -2.10. The summed E-state index contributed by atoms with van der Waals surface area (Å²) in [4.78, 5) is 24.0. The van der Waals surface area contributed by atoms with Gasteiger partial charge in [0.15, 0.2) is 5.78 Å². The highest BCUT2D eigenvalue weighted by Crippen LogP contribution is 2.25. The molecule has 1 aliphatic rings. The summed E-state index contributed by atoms with van der Waals surface area (Å²) in [5.41, 5.74) is 1.94. The fourth-order valence-electron chi connectivity index (χ4n) is 2.47. The van der Waals surface area contributed by atoms with Gasteiger partial charge in [-0.25, -0.2) is 4.79 Å². The quantitative estimate of drug-likeness (QED) is 0.679. The third-order valence-corrected chi connectivity index (χ3v) is 3.67. The van der Waals surface area contributed by atoms with E-state index in [-0.39, 0.29) is 17.7 Å². The van der Waals surface area contributed by atoms with Crippen molar-refractivity contribution in [2.24, 2.45) is 5.92 Å². The normalized spacial score (nSPS) is 20.4. The zero-order valence-electron chi connectivity index (χ0n) is 12.5. The molecule has 0 aliphatic heterocycles. The Morgan fingerprint density at radius 3 is 2.95 bits per heavy atom. The first kappa shape index (κ1) is 15.3. The number of nitrogens with one attached hydrogen (secondary N) is 1. The van der Waals surface area contributed by atoms with Crippen LogP contribution in [0.3, 0.4) is 0 Å². The van der Waals surface area contributed by atoms with E-state index in [0.717, 1.165) is 24.8 Å². The van der Waals surface area contributed by atoms with Gasteiger partial charge < -0.3 is 10.1 Å². The van der Waals surface area contributed by atoms with E-state index in [1.807, 2.05) is 13.0 Å². The molecule has 0 unspecified atom stereocenters. The number of anilines is 1. The van der Waals surface area contributed by atoms with E-state index in [9.17, 15) is 9.59 Å². The lowest BCUT2D eigenvalue weighted by Gasteiger charge is -2.19. The van der Waals surface area contributed by atoms with Gasteiger partial charge in [0.2, 0.25) is 0 Å². The topological polar surface area (TPSA) is 55.4 Å². The molecule has 0 bridgehead atoms. The zero-order valence-corrected chi connectivity index (χ0v) is 12.5. The van der Waals surface area contributed by atoms with Crippen molar-refractivity contribution in [1.82, 2.24) is 0 Å². The summed E-state index contributed by atoms with van der Waals surface area (Å²) >= 11 is 0. The molecule has 1 saturated carbocycles. The number of hydrogen-bond acceptors (Lipinski definition) is 4. The van der Waals surface area contributed by atoms with Gasteiger partial charge in [0.25, 0.3) is 0 Å². The van der Waals surface area contributed by atoms with Crippen LogP contribution in [-0.2, 0) is 9.53 Å². The van der Waals surface area contributed by atoms with E-state index in [4.69, 9.17) is 4.74 Å². The van der Waals surface area contributed by atoms with Gasteiger partial charge in [-0.2, -0.15) is 0 Å². The molecule has 1 aromatic carbocycles. The molecule has 21 heavy (non-hydrogen) atoms. The Morgan fingerprint density at radius 2 is 2.19 bits per heavy atom. The number of Topliss-reactive ketones (excluding diaryl/α,β-unsaturated/α-hetero) is 1. The van der Waals surface area contributed by atoms with Gasteiger partial charge in [-0.15, -0.1) is 0 Å². The largest absolute Gasteiger partial charge is 0.462 e. The third kappa shape index (κ3) is 3.72. The van der Waals surface area contributed by atoms with E-state index in [1.54, 1.807) is 31.3 Å². The Balaban J connectivity index is 2.16. The average molecular weight is 287 g/mol. The molecular formula is C17H21NO3. The van der Waals surface area contributed by atoms with Gasteiger partial charge in [0, 0.05) is 17.7 Å². The number of rotatable bonds is 4. The molecule has 0 spiro atoms. The minimum atomic E-state index is -0.359. The van der Waals surface area contributed by atoms with Crippen LogP contribution in [0.4, 0.5) is 5.69 Å². The van der Waals surface area contributed by atoms with Crippen molar-refractivity contribution in [3.05, 3.63) is 41.6 Å². The zero-order chi connectivity index (χ0) is 15.2. The minimum absolute atomic E-state index is 0.0899. The van der Waals surface area contributed by atoms with E-state index in [1.165, 1.54) is 0 Å². The van der Waals surface area contributed by atoms with Crippen molar-refractivity contribution in [3.63, 3.8) is 0 Å². The molecule has 0 saturated heterocycles. The Morgan fingerprint density at radius 1 is 1.43 bits per heavy atom. The van der Waals surface area contributed by atoms with Crippen LogP contribution in [0.15, 0.2) is 36.0 Å². The van der Waals surface area contributed by atoms with Crippen LogP contribution in [0.2, 0.25) is 0 Å². The van der Waals surface area contributed by atoms with Crippen molar-refractivity contribution >= 4 is 17.4 Å². The Labute approximate surface area is 125 Å². The van der Waals surface area contributed by atoms with Gasteiger partial charge in [0.05, 0.1) is 17.9 Å². The highest BCUT2D eigenvalue weighted by atomic mass is 16.5. The number of carbonyl (C=O) groups is 2. The molecular weight excluding hydrogens is 266 g/mol. The molecule has 112 valence electrons. The van der Waals surface area contributed by atoms with Crippen LogP contribution in [0.25, 0.3) is 0 Å². The number of esters is 1. The SMILES string of the molecule is CCOC(=O)c1ccccc1N/C=C1/CCC[C@@H](C)C1=O. The van der Waals surface area contributed by atoms with E-state index < -0.39 is 0 Å². The number of allylic oxidation sites excluding steroid dienone is 1. The predicted octanol–water partition coefficient (Wildman–Crippen LogP) is 3.55. The summed E-state index contributed by atoms with van der Waals surface area (Å²) < 4.78 is 5.03. The molecule has 0 radical (unpaired) electrons. The highest BCUT2D eigenvalue weighted by Gasteiger charge is 2.22. The summed E-state index contributed by atoms with van der Waals surface area (Å²) in [6.07, 6.45) is 4.50. The molecule has 1 fully saturated rings. The maximum absolute atomic E-state index is 12.1. The van der Waals surface area contributed by atoms with E-state index in [0.29, 0.717) is 17.9 Å². The fourth-order valence-corrected chi connectivity index (χ4v) is 2.47. The van der Waals surface area contributed by atoms with Crippen LogP contribution in [0, 0.1) is 5.92 Å². The van der Waals surface area contributed by atoms with Crippen LogP contribution in [0.1, 0.15) is 43.5 Å². The molecule has 4 nitrogen and oxygen atoms in total. The lowest BCUT2D eigenvalue weighted by molar-refractivity contribution is -0.119. The molecule has 1 aliphatic carbocycles. The van der Waals surface area contributed by atoms with Crippen LogP contribution < -0.4 is 5.32 Å². The first-order chi connectivity index (χ1) is 10.1. The lowest BCUT2D eigenvalue weighted by atomic mass is 9.86. The first-order valence-corrected chi connectivity index (χ1v) is 7.39. The number of benzene rings is 1. The van der Waals surface area contributed by atoms with Crippen LogP contribution >= 0.6 is 0 Å². The van der Waals surface area contributed by atoms with Gasteiger partial charge in [-0.1, -0.05) is 19.1 Å². The number of ether oxygens (including phenoxy) is 1. The van der Waals surface area contributed by atoms with E-state index in [2.05, 4.69) is 5.32 Å². The molecule has 1 aromatic rings. The van der Waals surface area contributed by atoms with Gasteiger partial charge in [-0.3, -0.25) is 4.79 Å². The number of para-hydroxylation sites is 1. The van der Waals surface area contributed by atoms with Crippen LogP contribution in [-0.4, -0.2) is 18.4 Å². The monoisotopic (exact) mass is 287 g/mol. The van der Waals surface area contributed by atoms with Crippen molar-refractivity contribution in [2.75, 3.05) is 11.9 Å². The van der Waals surface area contributed by atoms with Gasteiger partial charge in [-0.05, 0) is 38.3 Å². The number of ketones is 1. The molecule has 0 aromatic heterocycles. The van der Waals surface area contributed by atoms with E-state index >= 15 is 0 Å². The van der Waals surface area contributed by atoms with Crippen molar-refractivity contribution < 1.29 is 14.3 Å². The second-order valence-electron chi connectivity index (χ2n) is 5.24. The lowest BCUT2D eigenvalue weighted by Crippen LogP contribution is -2.19. The second kappa shape index (κ2) is 7.07. The maximum Gasteiger partial charge on any atom is 0.340 e. The summed E-state index contributed by atoms with van der Waals surface area (Å²) in [6, 6.07) is 7.15. The Kier molecular flexibility index (Phi) is 5.14. The molecule has 2 rings (SSSR count). The van der Waals surface area contributed by atoms with Gasteiger partial charge >= 0.3 is 5.97 Å². The molecule has 4 heteroatoms. The highest BCUT2D eigenvalue weighted by molar-refractivity contribution is 5.99. The Bertz CT molecular complexity index is 563. The number of carbonyl (C=O) groups excluding carboxylic acids is 2.